The summed E-state index contributed by atoms with van der Waals surface area (Å²) in [6.07, 6.45) is 5.07. The third kappa shape index (κ3) is 4.01. The van der Waals surface area contributed by atoms with Crippen molar-refractivity contribution in [1.29, 1.82) is 0 Å². The van der Waals surface area contributed by atoms with Crippen LogP contribution in [0.1, 0.15) is 18.9 Å². The minimum Gasteiger partial charge on any atom is -0.491 e. The number of rotatable bonds is 5. The van der Waals surface area contributed by atoms with Crippen molar-refractivity contribution in [2.75, 3.05) is 31.7 Å². The number of aromatic nitrogens is 3. The molecule has 128 valence electrons. The zero-order valence-electron chi connectivity index (χ0n) is 13.3. The summed E-state index contributed by atoms with van der Waals surface area (Å²) in [4.78, 5) is 18.2. The number of hydrogen-bond donors (Lipinski definition) is 1. The lowest BCUT2D eigenvalue weighted by molar-refractivity contribution is 0.174. The van der Waals surface area contributed by atoms with Gasteiger partial charge in [0.25, 0.3) is 0 Å². The molecule has 2 heterocycles. The number of hydrogen-bond acceptors (Lipinski definition) is 4. The van der Waals surface area contributed by atoms with Gasteiger partial charge in [0.05, 0.1) is 6.04 Å². The smallest absolute Gasteiger partial charge is 0.321 e. The molecular formula is C16H20FN5O2. The maximum atomic E-state index is 12.5. The maximum Gasteiger partial charge on any atom is 0.321 e. The monoisotopic (exact) mass is 333 g/mol. The number of piperidine rings is 1. The van der Waals surface area contributed by atoms with E-state index in [9.17, 15) is 9.18 Å². The van der Waals surface area contributed by atoms with Crippen LogP contribution in [0.25, 0.3) is 0 Å². The highest BCUT2D eigenvalue weighted by Gasteiger charge is 2.25. The van der Waals surface area contributed by atoms with Gasteiger partial charge in [0.1, 0.15) is 31.7 Å². The molecule has 2 amide bonds. The third-order valence-electron chi connectivity index (χ3n) is 3.93. The molecule has 1 aliphatic rings. The molecule has 1 aliphatic heterocycles. The Balaban J connectivity index is 1.60. The molecule has 0 aliphatic carbocycles. The molecule has 2 aromatic rings. The number of nitrogens with zero attached hydrogens (tertiary/aromatic N) is 4. The first-order valence-corrected chi connectivity index (χ1v) is 7.95. The molecule has 1 atom stereocenters. The van der Waals surface area contributed by atoms with E-state index in [4.69, 9.17) is 4.74 Å². The summed E-state index contributed by atoms with van der Waals surface area (Å²) >= 11 is 0. The molecule has 1 aromatic carbocycles. The molecule has 3 rings (SSSR count). The van der Waals surface area contributed by atoms with E-state index in [1.165, 1.54) is 6.33 Å². The van der Waals surface area contributed by atoms with Crippen LogP contribution in [0.5, 0.6) is 5.75 Å². The van der Waals surface area contributed by atoms with Crippen LogP contribution in [-0.2, 0) is 0 Å². The first-order valence-electron chi connectivity index (χ1n) is 7.95. The Morgan fingerprint density at radius 1 is 1.46 bits per heavy atom. The largest absolute Gasteiger partial charge is 0.491 e. The Bertz CT molecular complexity index is 664. The minimum atomic E-state index is -0.548. The highest BCUT2D eigenvalue weighted by molar-refractivity contribution is 5.89. The highest BCUT2D eigenvalue weighted by Crippen LogP contribution is 2.22. The topological polar surface area (TPSA) is 72.3 Å². The number of halogens is 1. The van der Waals surface area contributed by atoms with Gasteiger partial charge in [-0.2, -0.15) is 5.10 Å². The van der Waals surface area contributed by atoms with E-state index < -0.39 is 6.67 Å². The van der Waals surface area contributed by atoms with Crippen molar-refractivity contribution in [3.05, 3.63) is 36.9 Å². The second kappa shape index (κ2) is 7.76. The summed E-state index contributed by atoms with van der Waals surface area (Å²) in [5.74, 6) is 0.532. The Labute approximate surface area is 139 Å². The normalized spacial score (nSPS) is 17.5. The van der Waals surface area contributed by atoms with Crippen LogP contribution in [0.15, 0.2) is 36.9 Å². The van der Waals surface area contributed by atoms with Crippen molar-refractivity contribution in [2.45, 2.75) is 18.9 Å². The zero-order chi connectivity index (χ0) is 16.8. The number of nitrogens with one attached hydrogen (secondary N) is 1. The average Bonchev–Trinajstić information content (AvgIpc) is 3.15. The van der Waals surface area contributed by atoms with E-state index in [2.05, 4.69) is 15.4 Å². The van der Waals surface area contributed by atoms with E-state index in [1.54, 1.807) is 40.2 Å². The van der Waals surface area contributed by atoms with E-state index in [1.807, 2.05) is 0 Å². The van der Waals surface area contributed by atoms with Crippen molar-refractivity contribution in [2.24, 2.45) is 0 Å². The fourth-order valence-electron chi connectivity index (χ4n) is 2.78. The fourth-order valence-corrected chi connectivity index (χ4v) is 2.78. The van der Waals surface area contributed by atoms with Crippen LogP contribution in [0, 0.1) is 0 Å². The van der Waals surface area contributed by atoms with Crippen LogP contribution >= 0.6 is 0 Å². The summed E-state index contributed by atoms with van der Waals surface area (Å²) in [7, 11) is 0. The van der Waals surface area contributed by atoms with Crippen molar-refractivity contribution in [3.8, 4) is 5.75 Å². The SMILES string of the molecule is O=C(Nc1cccc(OCCF)c1)N1CCCC(n2cncn2)C1. The summed E-state index contributed by atoms with van der Waals surface area (Å²) in [5.41, 5.74) is 0.624. The predicted octanol–water partition coefficient (Wildman–Crippen LogP) is 2.50. The van der Waals surface area contributed by atoms with Gasteiger partial charge < -0.3 is 15.0 Å². The second-order valence-corrected chi connectivity index (χ2v) is 5.61. The molecule has 1 N–H and O–H groups in total. The number of benzene rings is 1. The molecule has 1 unspecified atom stereocenters. The third-order valence-corrected chi connectivity index (χ3v) is 3.93. The van der Waals surface area contributed by atoms with Gasteiger partial charge in [0.15, 0.2) is 0 Å². The molecule has 1 fully saturated rings. The average molecular weight is 333 g/mol. The van der Waals surface area contributed by atoms with Gasteiger partial charge in [0.2, 0.25) is 0 Å². The first kappa shape index (κ1) is 16.2. The number of carbonyl (C=O) groups excluding carboxylic acids is 1. The summed E-state index contributed by atoms with van der Waals surface area (Å²) in [6, 6.07) is 6.93. The van der Waals surface area contributed by atoms with Gasteiger partial charge in [0, 0.05) is 24.8 Å². The fraction of sp³-hybridized carbons (Fsp3) is 0.438. The Morgan fingerprint density at radius 2 is 2.38 bits per heavy atom. The number of alkyl halides is 1. The molecule has 7 nitrogen and oxygen atoms in total. The predicted molar refractivity (Wildman–Crippen MR) is 86.8 cm³/mol. The highest BCUT2D eigenvalue weighted by atomic mass is 19.1. The molecule has 1 saturated heterocycles. The number of likely N-dealkylation sites (tertiary alicyclic amines) is 1. The quantitative estimate of drug-likeness (QED) is 0.912. The lowest BCUT2D eigenvalue weighted by Crippen LogP contribution is -2.43. The van der Waals surface area contributed by atoms with E-state index in [-0.39, 0.29) is 18.7 Å². The van der Waals surface area contributed by atoms with Gasteiger partial charge in [-0.15, -0.1) is 0 Å². The summed E-state index contributed by atoms with van der Waals surface area (Å²) in [6.45, 7) is 0.749. The van der Waals surface area contributed by atoms with Crippen molar-refractivity contribution in [3.63, 3.8) is 0 Å². The zero-order valence-corrected chi connectivity index (χ0v) is 13.3. The van der Waals surface area contributed by atoms with E-state index >= 15 is 0 Å². The van der Waals surface area contributed by atoms with Gasteiger partial charge in [-0.3, -0.25) is 0 Å². The van der Waals surface area contributed by atoms with Gasteiger partial charge in [-0.1, -0.05) is 6.07 Å². The van der Waals surface area contributed by atoms with Crippen LogP contribution in [-0.4, -0.2) is 52.1 Å². The van der Waals surface area contributed by atoms with Crippen LogP contribution < -0.4 is 10.1 Å². The number of ether oxygens (including phenoxy) is 1. The number of anilines is 1. The lowest BCUT2D eigenvalue weighted by Gasteiger charge is -2.32. The lowest BCUT2D eigenvalue weighted by atomic mass is 10.1. The van der Waals surface area contributed by atoms with E-state index in [0.29, 0.717) is 24.5 Å². The Hall–Kier alpha value is -2.64. The van der Waals surface area contributed by atoms with Crippen molar-refractivity contribution in [1.82, 2.24) is 19.7 Å². The van der Waals surface area contributed by atoms with Crippen LogP contribution in [0.2, 0.25) is 0 Å². The number of carbonyl (C=O) groups is 1. The van der Waals surface area contributed by atoms with Crippen LogP contribution in [0.3, 0.4) is 0 Å². The summed E-state index contributed by atoms with van der Waals surface area (Å²) in [5, 5.41) is 7.02. The standard InChI is InChI=1S/C16H20FN5O2/c17-6-8-24-15-5-1-3-13(9-15)20-16(23)21-7-2-4-14(10-21)22-12-18-11-19-22/h1,3,5,9,11-12,14H,2,4,6-8,10H2,(H,20,23). The number of urea groups is 1. The molecule has 24 heavy (non-hydrogen) atoms. The second-order valence-electron chi connectivity index (χ2n) is 5.61. The molecule has 0 bridgehead atoms. The Kier molecular flexibility index (Phi) is 5.25. The van der Waals surface area contributed by atoms with Crippen molar-refractivity contribution < 1.29 is 13.9 Å². The van der Waals surface area contributed by atoms with Gasteiger partial charge in [-0.05, 0) is 25.0 Å². The Morgan fingerprint density at radius 3 is 3.17 bits per heavy atom. The van der Waals surface area contributed by atoms with Crippen molar-refractivity contribution >= 4 is 11.7 Å². The summed E-state index contributed by atoms with van der Waals surface area (Å²) < 4.78 is 19.2. The maximum absolute atomic E-state index is 12.5. The first-order chi connectivity index (χ1) is 11.8. The van der Waals surface area contributed by atoms with E-state index in [0.717, 1.165) is 12.8 Å². The molecular weight excluding hydrogens is 313 g/mol. The van der Waals surface area contributed by atoms with Gasteiger partial charge in [-0.25, -0.2) is 18.9 Å². The molecule has 1 aromatic heterocycles. The van der Waals surface area contributed by atoms with Gasteiger partial charge >= 0.3 is 6.03 Å². The molecule has 0 radical (unpaired) electrons. The molecule has 0 spiro atoms. The number of amides is 2. The van der Waals surface area contributed by atoms with Crippen LogP contribution in [0.4, 0.5) is 14.9 Å². The minimum absolute atomic E-state index is 0.00309. The molecule has 0 saturated carbocycles. The molecule has 8 heteroatoms.